The molecule has 2 N–H and O–H groups in total. The summed E-state index contributed by atoms with van der Waals surface area (Å²) < 4.78 is 13.4. The van der Waals surface area contributed by atoms with Crippen molar-refractivity contribution in [3.05, 3.63) is 93.4 Å². The first-order valence-corrected chi connectivity index (χ1v) is 12.2. The Labute approximate surface area is 200 Å². The van der Waals surface area contributed by atoms with Gasteiger partial charge in [-0.1, -0.05) is 42.5 Å². The number of amides is 4. The van der Waals surface area contributed by atoms with Crippen LogP contribution >= 0.6 is 11.3 Å². The van der Waals surface area contributed by atoms with Gasteiger partial charge in [0, 0.05) is 4.88 Å². The second kappa shape index (κ2) is 9.02. The van der Waals surface area contributed by atoms with Crippen LogP contribution in [0.3, 0.4) is 0 Å². The van der Waals surface area contributed by atoms with Gasteiger partial charge in [-0.3, -0.25) is 14.5 Å². The summed E-state index contributed by atoms with van der Waals surface area (Å²) in [6.07, 6.45) is 3.08. The number of rotatable bonds is 5. The molecular weight excluding hydrogens is 453 g/mol. The average molecular weight is 478 g/mol. The quantitative estimate of drug-likeness (QED) is 0.539. The lowest BCUT2D eigenvalue weighted by molar-refractivity contribution is -0.135. The van der Waals surface area contributed by atoms with E-state index in [1.807, 2.05) is 41.8 Å². The van der Waals surface area contributed by atoms with Crippen molar-refractivity contribution < 1.29 is 18.8 Å². The Morgan fingerprint density at radius 3 is 2.65 bits per heavy atom. The van der Waals surface area contributed by atoms with Gasteiger partial charge in [-0.15, -0.1) is 11.3 Å². The first-order chi connectivity index (χ1) is 16.5. The predicted molar refractivity (Wildman–Crippen MR) is 127 cm³/mol. The molecule has 174 valence electrons. The van der Waals surface area contributed by atoms with Crippen molar-refractivity contribution in [2.24, 2.45) is 0 Å². The lowest BCUT2D eigenvalue weighted by Gasteiger charge is -2.27. The monoisotopic (exact) mass is 477 g/mol. The highest BCUT2D eigenvalue weighted by molar-refractivity contribution is 7.10. The molecule has 0 unspecified atom stereocenters. The molecule has 0 saturated carbocycles. The average Bonchev–Trinajstić information content (AvgIpc) is 3.39. The summed E-state index contributed by atoms with van der Waals surface area (Å²) in [5.41, 5.74) is 1.45. The molecule has 6 nitrogen and oxygen atoms in total. The molecule has 1 aromatic heterocycles. The third-order valence-corrected chi connectivity index (χ3v) is 7.48. The molecule has 2 aliphatic rings. The molecule has 1 fully saturated rings. The van der Waals surface area contributed by atoms with Crippen LogP contribution in [0.4, 0.5) is 9.18 Å². The van der Waals surface area contributed by atoms with E-state index in [0.29, 0.717) is 12.0 Å². The third-order valence-electron chi connectivity index (χ3n) is 6.54. The number of urea groups is 1. The van der Waals surface area contributed by atoms with E-state index in [2.05, 4.69) is 10.6 Å². The summed E-state index contributed by atoms with van der Waals surface area (Å²) >= 11 is 1.46. The number of carbonyl (C=O) groups excluding carboxylic acids is 3. The van der Waals surface area contributed by atoms with Crippen LogP contribution in [0.1, 0.15) is 46.9 Å². The molecule has 2 heterocycles. The van der Waals surface area contributed by atoms with Gasteiger partial charge >= 0.3 is 6.03 Å². The molecule has 8 heteroatoms. The van der Waals surface area contributed by atoms with Crippen LogP contribution in [0.2, 0.25) is 0 Å². The maximum atomic E-state index is 13.6. The number of nitrogens with one attached hydrogen (secondary N) is 2. The van der Waals surface area contributed by atoms with E-state index in [1.165, 1.54) is 23.5 Å². The van der Waals surface area contributed by atoms with E-state index >= 15 is 0 Å². The van der Waals surface area contributed by atoms with E-state index in [0.717, 1.165) is 40.2 Å². The number of halogens is 1. The van der Waals surface area contributed by atoms with Gasteiger partial charge in [-0.2, -0.15) is 0 Å². The zero-order chi connectivity index (χ0) is 23.7. The van der Waals surface area contributed by atoms with Gasteiger partial charge in [0.1, 0.15) is 17.9 Å². The maximum Gasteiger partial charge on any atom is 0.325 e. The molecule has 5 rings (SSSR count). The minimum atomic E-state index is -1.13. The van der Waals surface area contributed by atoms with Crippen molar-refractivity contribution in [3.8, 4) is 0 Å². The molecule has 0 bridgehead atoms. The van der Waals surface area contributed by atoms with Crippen molar-refractivity contribution in [2.75, 3.05) is 6.54 Å². The summed E-state index contributed by atoms with van der Waals surface area (Å²) in [4.78, 5) is 41.4. The van der Waals surface area contributed by atoms with Crippen LogP contribution in [-0.4, -0.2) is 29.3 Å². The standard InChI is InChI=1S/C26H24FN3O3S/c27-19-12-10-18(11-13-19)23(21-9-5-15-34-21)28-22(31)16-30-24(32)26(29-25(30)33)14-4-3-7-17-6-1-2-8-20(17)26/h1-2,5-6,8-13,15,23H,3-4,7,14,16H2,(H,28,31)(H,29,33)/t23-,26+/m1/s1. The first kappa shape index (κ1) is 22.3. The minimum absolute atomic E-state index is 0.367. The van der Waals surface area contributed by atoms with E-state index < -0.39 is 36.0 Å². The fourth-order valence-corrected chi connectivity index (χ4v) is 5.70. The second-order valence-electron chi connectivity index (χ2n) is 8.66. The lowest BCUT2D eigenvalue weighted by Crippen LogP contribution is -2.45. The van der Waals surface area contributed by atoms with Crippen molar-refractivity contribution >= 4 is 29.2 Å². The second-order valence-corrected chi connectivity index (χ2v) is 9.64. The molecule has 2 aromatic carbocycles. The molecule has 2 atom stereocenters. The minimum Gasteiger partial charge on any atom is -0.343 e. The summed E-state index contributed by atoms with van der Waals surface area (Å²) in [6.45, 7) is -0.391. The lowest BCUT2D eigenvalue weighted by atomic mass is 9.84. The summed E-state index contributed by atoms with van der Waals surface area (Å²) in [7, 11) is 0. The molecule has 1 saturated heterocycles. The Hall–Kier alpha value is -3.52. The summed E-state index contributed by atoms with van der Waals surface area (Å²) in [5.74, 6) is -1.23. The number of thiophene rings is 1. The first-order valence-electron chi connectivity index (χ1n) is 11.3. The molecular formula is C26H24FN3O3S. The van der Waals surface area contributed by atoms with Crippen LogP contribution in [0, 0.1) is 5.82 Å². The highest BCUT2D eigenvalue weighted by atomic mass is 32.1. The van der Waals surface area contributed by atoms with E-state index in [-0.39, 0.29) is 5.82 Å². The Balaban J connectivity index is 1.38. The van der Waals surface area contributed by atoms with Gasteiger partial charge in [-0.25, -0.2) is 9.18 Å². The Kier molecular flexibility index (Phi) is 5.91. The van der Waals surface area contributed by atoms with Crippen LogP contribution in [0.15, 0.2) is 66.0 Å². The summed E-state index contributed by atoms with van der Waals surface area (Å²) in [6, 6.07) is 16.3. The van der Waals surface area contributed by atoms with Gasteiger partial charge in [0.25, 0.3) is 5.91 Å². The smallest absolute Gasteiger partial charge is 0.325 e. The van der Waals surface area contributed by atoms with Crippen LogP contribution in [0.5, 0.6) is 0 Å². The van der Waals surface area contributed by atoms with Crippen molar-refractivity contribution in [1.29, 1.82) is 0 Å². The van der Waals surface area contributed by atoms with Crippen LogP contribution in [-0.2, 0) is 21.5 Å². The number of hydrogen-bond donors (Lipinski definition) is 2. The predicted octanol–water partition coefficient (Wildman–Crippen LogP) is 4.27. The molecule has 1 aliphatic carbocycles. The van der Waals surface area contributed by atoms with E-state index in [9.17, 15) is 18.8 Å². The van der Waals surface area contributed by atoms with Crippen LogP contribution < -0.4 is 10.6 Å². The molecule has 4 amide bonds. The van der Waals surface area contributed by atoms with Crippen LogP contribution in [0.25, 0.3) is 0 Å². The number of benzene rings is 2. The normalized spacial score (nSPS) is 20.6. The maximum absolute atomic E-state index is 13.6. The van der Waals surface area contributed by atoms with Gasteiger partial charge in [0.05, 0.1) is 6.04 Å². The van der Waals surface area contributed by atoms with Gasteiger partial charge in [0.15, 0.2) is 0 Å². The molecule has 0 radical (unpaired) electrons. The SMILES string of the molecule is O=C(CN1C(=O)N[C@]2(CCCCc3ccccc32)C1=O)N[C@H](c1ccc(F)cc1)c1cccs1. The van der Waals surface area contributed by atoms with Crippen molar-refractivity contribution in [1.82, 2.24) is 15.5 Å². The highest BCUT2D eigenvalue weighted by Crippen LogP contribution is 2.39. The Morgan fingerprint density at radius 2 is 1.88 bits per heavy atom. The molecule has 3 aromatic rings. The Bertz CT molecular complexity index is 1230. The number of fused-ring (bicyclic) bond motifs is 2. The number of aryl methyl sites for hydroxylation is 1. The van der Waals surface area contributed by atoms with Crippen molar-refractivity contribution in [3.63, 3.8) is 0 Å². The number of imide groups is 1. The van der Waals surface area contributed by atoms with Crippen molar-refractivity contribution in [2.45, 2.75) is 37.3 Å². The van der Waals surface area contributed by atoms with E-state index in [4.69, 9.17) is 0 Å². The zero-order valence-electron chi connectivity index (χ0n) is 18.4. The Morgan fingerprint density at radius 1 is 1.09 bits per heavy atom. The highest BCUT2D eigenvalue weighted by Gasteiger charge is 2.53. The third kappa shape index (κ3) is 3.98. The number of nitrogens with zero attached hydrogens (tertiary/aromatic N) is 1. The number of carbonyl (C=O) groups is 3. The fraction of sp³-hybridized carbons (Fsp3) is 0.269. The summed E-state index contributed by atoms with van der Waals surface area (Å²) in [5, 5.41) is 7.72. The molecule has 1 spiro atoms. The fourth-order valence-electron chi connectivity index (χ4n) is 4.90. The largest absolute Gasteiger partial charge is 0.343 e. The molecule has 34 heavy (non-hydrogen) atoms. The van der Waals surface area contributed by atoms with Gasteiger partial charge < -0.3 is 10.6 Å². The van der Waals surface area contributed by atoms with E-state index in [1.54, 1.807) is 12.1 Å². The number of hydrogen-bond acceptors (Lipinski definition) is 4. The topological polar surface area (TPSA) is 78.5 Å². The van der Waals surface area contributed by atoms with Gasteiger partial charge in [-0.05, 0) is 66.0 Å². The zero-order valence-corrected chi connectivity index (χ0v) is 19.2. The molecule has 1 aliphatic heterocycles. The van der Waals surface area contributed by atoms with Gasteiger partial charge in [0.2, 0.25) is 5.91 Å².